The molecule has 3 saturated heterocycles. The maximum atomic E-state index is 15.1. The smallest absolute Gasteiger partial charge is 0.410 e. The fraction of sp³-hybridized carbons (Fsp3) is 0.680. The number of hydrogen-bond acceptors (Lipinski definition) is 16. The van der Waals surface area contributed by atoms with Gasteiger partial charge in [0, 0.05) is 61.8 Å². The molecule has 1 aromatic carbocycles. The number of carbonyl (C=O) groups is 4. The number of para-hydroxylation sites is 1. The van der Waals surface area contributed by atoms with Crippen LogP contribution >= 0.6 is 0 Å². The number of likely N-dealkylation sites (N-methyl/N-ethyl adjacent to an activating group) is 1. The van der Waals surface area contributed by atoms with E-state index < -0.39 is 101 Å². The highest BCUT2D eigenvalue weighted by Crippen LogP contribution is 2.44. The number of aliphatic hydroxyl groups is 1. The van der Waals surface area contributed by atoms with E-state index in [2.05, 4.69) is 9.97 Å². The molecule has 0 aliphatic carbocycles. The van der Waals surface area contributed by atoms with Gasteiger partial charge in [0.2, 0.25) is 0 Å². The van der Waals surface area contributed by atoms with Crippen LogP contribution in [0.25, 0.3) is 11.2 Å². The van der Waals surface area contributed by atoms with Gasteiger partial charge in [0.05, 0.1) is 47.4 Å². The van der Waals surface area contributed by atoms with Crippen LogP contribution in [0.5, 0.6) is 0 Å². The number of cyclic esters (lactones) is 1. The number of nitro groups is 1. The van der Waals surface area contributed by atoms with E-state index >= 15 is 4.79 Å². The molecule has 2 aromatic heterocycles. The first kappa shape index (κ1) is 53.3. The van der Waals surface area contributed by atoms with Gasteiger partial charge in [0.25, 0.3) is 5.69 Å². The lowest BCUT2D eigenvalue weighted by Gasteiger charge is -2.48. The second-order valence-corrected chi connectivity index (χ2v) is 19.7. The van der Waals surface area contributed by atoms with Crippen LogP contribution in [0.4, 0.5) is 10.5 Å². The number of imidazole rings is 1. The number of ether oxygens (including phenoxy) is 6. The van der Waals surface area contributed by atoms with Crippen molar-refractivity contribution >= 4 is 40.7 Å². The number of nitro benzene ring substituents is 1. The number of aryl methyl sites for hydroxylation is 1. The zero-order chi connectivity index (χ0) is 50.5. The number of Topliss-reactive ketones (excluding diaryl/α,β-unsaturated/α-hetero) is 1. The van der Waals surface area contributed by atoms with E-state index in [1.807, 2.05) is 42.5 Å². The SMILES string of the molecule is CC[C@H]1OC(=O)[C@H](C)[C@@H](OC(=O)Cc2ccccc2[N+](=O)[O-])[C@H](C)[C@@H](O[C@H]2O[C@@H](C)C[C@@H](N(C)CC)[C@@H]2O)[C@](C)(OC)C[C@@H](C)C(=O)[C@H](C)[C@H]2N(CCCCn3cnc4cccnc43)C(=O)O[C@]12C. The molecule has 1 N–H and O–H groups in total. The first-order chi connectivity index (χ1) is 32.7. The van der Waals surface area contributed by atoms with Crippen molar-refractivity contribution in [3.8, 4) is 0 Å². The molecule has 19 heteroatoms. The van der Waals surface area contributed by atoms with Crippen molar-refractivity contribution in [3.63, 3.8) is 0 Å². The molecule has 69 heavy (non-hydrogen) atoms. The van der Waals surface area contributed by atoms with Crippen molar-refractivity contribution in [2.24, 2.45) is 23.7 Å². The third kappa shape index (κ3) is 11.3. The fourth-order valence-electron chi connectivity index (χ4n) is 11.0. The number of aliphatic hydroxyl groups excluding tert-OH is 1. The third-order valence-corrected chi connectivity index (χ3v) is 15.0. The molecule has 0 saturated carbocycles. The first-order valence-corrected chi connectivity index (χ1v) is 24.3. The van der Waals surface area contributed by atoms with Crippen molar-refractivity contribution in [2.45, 2.75) is 167 Å². The Morgan fingerprint density at radius 2 is 1.72 bits per heavy atom. The van der Waals surface area contributed by atoms with Gasteiger partial charge in [-0.15, -0.1) is 0 Å². The van der Waals surface area contributed by atoms with Crippen LogP contribution in [0, 0.1) is 33.8 Å². The summed E-state index contributed by atoms with van der Waals surface area (Å²) in [6.07, 6.45) is -1.96. The summed E-state index contributed by atoms with van der Waals surface area (Å²) in [6, 6.07) is 8.32. The quantitative estimate of drug-likeness (QED) is 0.0580. The Morgan fingerprint density at radius 3 is 2.41 bits per heavy atom. The number of ketones is 1. The van der Waals surface area contributed by atoms with E-state index in [0.717, 1.165) is 11.2 Å². The molecule has 6 rings (SSSR count). The molecule has 19 nitrogen and oxygen atoms in total. The molecule has 3 aliphatic heterocycles. The van der Waals surface area contributed by atoms with Crippen LogP contribution in [0.2, 0.25) is 0 Å². The Morgan fingerprint density at radius 1 is 1.01 bits per heavy atom. The van der Waals surface area contributed by atoms with E-state index in [0.29, 0.717) is 32.4 Å². The number of amides is 1. The Labute approximate surface area is 404 Å². The topological polar surface area (TPSA) is 224 Å². The van der Waals surface area contributed by atoms with Crippen LogP contribution in [0.15, 0.2) is 48.9 Å². The standard InChI is InChI=1S/C50H72N6O13/c1-12-38-50(9)43(55(48(61)69-50)24-17-16-23-54-28-52-35-20-18-22-51-45(35)54)31(5)40(58)29(3)27-49(8,64-11)44(68-47-41(59)37(53(10)13-2)25-30(4)65-47)32(6)42(33(7)46(60)66-38)67-39(57)26-34-19-14-15-21-36(34)56(62)63/h14-15,18-22,28-33,37-38,41-44,47,59H,12-13,16-17,23-27H2,1-11H3/t29-,30+,31+,32+,33-,37-,38-,41+,42+,43-,44-,47-,49-,50-/m1/s1. The number of unbranched alkanes of at least 4 members (excludes halogenated alkanes) is 1. The van der Waals surface area contributed by atoms with Crippen molar-refractivity contribution in [3.05, 3.63) is 64.6 Å². The van der Waals surface area contributed by atoms with Crippen LogP contribution in [-0.4, -0.2) is 146 Å². The Hall–Kier alpha value is -5.08. The van der Waals surface area contributed by atoms with Gasteiger partial charge in [-0.2, -0.15) is 0 Å². The van der Waals surface area contributed by atoms with Gasteiger partial charge in [0.15, 0.2) is 17.5 Å². The second-order valence-electron chi connectivity index (χ2n) is 19.7. The minimum atomic E-state index is -1.50. The summed E-state index contributed by atoms with van der Waals surface area (Å²) in [7, 11) is 3.38. The summed E-state index contributed by atoms with van der Waals surface area (Å²) < 4.78 is 40.5. The van der Waals surface area contributed by atoms with E-state index in [1.165, 1.54) is 25.3 Å². The van der Waals surface area contributed by atoms with E-state index in [-0.39, 0.29) is 48.6 Å². The molecule has 380 valence electrons. The molecular formula is C50H72N6O13. The highest BCUT2D eigenvalue weighted by Gasteiger charge is 2.60. The lowest BCUT2D eigenvalue weighted by Crippen LogP contribution is -2.61. The van der Waals surface area contributed by atoms with Gasteiger partial charge in [-0.05, 0) is 85.5 Å². The Bertz CT molecular complexity index is 2300. The summed E-state index contributed by atoms with van der Waals surface area (Å²) in [5.41, 5.74) is -1.53. The van der Waals surface area contributed by atoms with Crippen LogP contribution in [-0.2, 0) is 55.8 Å². The van der Waals surface area contributed by atoms with Crippen molar-refractivity contribution in [1.29, 1.82) is 0 Å². The van der Waals surface area contributed by atoms with Crippen LogP contribution < -0.4 is 0 Å². The van der Waals surface area contributed by atoms with Gasteiger partial charge >= 0.3 is 18.0 Å². The number of methoxy groups -OCH3 is 1. The lowest BCUT2D eigenvalue weighted by atomic mass is 9.73. The molecule has 3 fully saturated rings. The molecule has 14 atom stereocenters. The number of pyridine rings is 1. The lowest BCUT2D eigenvalue weighted by molar-refractivity contribution is -0.385. The number of esters is 2. The zero-order valence-corrected chi connectivity index (χ0v) is 41.9. The highest BCUT2D eigenvalue weighted by molar-refractivity contribution is 5.85. The molecule has 5 heterocycles. The third-order valence-electron chi connectivity index (χ3n) is 15.0. The number of aromatic nitrogens is 3. The minimum absolute atomic E-state index is 0.0520. The summed E-state index contributed by atoms with van der Waals surface area (Å²) >= 11 is 0. The molecule has 3 aromatic rings. The second kappa shape index (κ2) is 22.3. The van der Waals surface area contributed by atoms with Crippen molar-refractivity contribution in [2.75, 3.05) is 27.2 Å². The summed E-state index contributed by atoms with van der Waals surface area (Å²) in [6.45, 7) is 17.4. The van der Waals surface area contributed by atoms with E-state index in [4.69, 9.17) is 28.4 Å². The fourth-order valence-corrected chi connectivity index (χ4v) is 11.0. The molecule has 0 spiro atoms. The normalized spacial score (nSPS) is 33.7. The van der Waals surface area contributed by atoms with Crippen LogP contribution in [0.3, 0.4) is 0 Å². The average molecular weight is 965 g/mol. The predicted octanol–water partition coefficient (Wildman–Crippen LogP) is 6.30. The number of carbonyl (C=O) groups excluding carboxylic acids is 4. The summed E-state index contributed by atoms with van der Waals surface area (Å²) in [4.78, 5) is 82.0. The highest BCUT2D eigenvalue weighted by atomic mass is 16.7. The monoisotopic (exact) mass is 965 g/mol. The maximum Gasteiger partial charge on any atom is 0.410 e. The van der Waals surface area contributed by atoms with Gasteiger partial charge in [-0.3, -0.25) is 24.5 Å². The van der Waals surface area contributed by atoms with Gasteiger partial charge in [0.1, 0.15) is 29.6 Å². The summed E-state index contributed by atoms with van der Waals surface area (Å²) in [5.74, 6) is -5.56. The molecule has 1 amide bonds. The zero-order valence-electron chi connectivity index (χ0n) is 41.9. The minimum Gasteiger partial charge on any atom is -0.461 e. The molecule has 0 unspecified atom stereocenters. The molecule has 0 bridgehead atoms. The number of rotatable bonds is 15. The van der Waals surface area contributed by atoms with E-state index in [1.54, 1.807) is 72.0 Å². The number of fused-ring (bicyclic) bond motifs is 2. The molecular weight excluding hydrogens is 893 g/mol. The predicted molar refractivity (Wildman–Crippen MR) is 253 cm³/mol. The first-order valence-electron chi connectivity index (χ1n) is 24.3. The van der Waals surface area contributed by atoms with Gasteiger partial charge < -0.3 is 47.9 Å². The largest absolute Gasteiger partial charge is 0.461 e. The Kier molecular flexibility index (Phi) is 17.2. The number of nitrogens with zero attached hydrogens (tertiary/aromatic N) is 6. The maximum absolute atomic E-state index is 15.1. The average Bonchev–Trinajstić information content (AvgIpc) is 3.86. The van der Waals surface area contributed by atoms with Crippen molar-refractivity contribution in [1.82, 2.24) is 24.3 Å². The number of hydrogen-bond donors (Lipinski definition) is 1. The van der Waals surface area contributed by atoms with Crippen LogP contribution in [0.1, 0.15) is 100.0 Å². The molecule has 3 aliphatic rings. The number of benzene rings is 1. The molecule has 0 radical (unpaired) electrons. The summed E-state index contributed by atoms with van der Waals surface area (Å²) in [5, 5.41) is 23.8. The van der Waals surface area contributed by atoms with Gasteiger partial charge in [-0.1, -0.05) is 52.8 Å². The van der Waals surface area contributed by atoms with Crippen molar-refractivity contribution < 1.29 is 57.6 Å². The van der Waals surface area contributed by atoms with Gasteiger partial charge in [-0.25, -0.2) is 14.8 Å². The Balaban J connectivity index is 1.39. The van der Waals surface area contributed by atoms with E-state index in [9.17, 15) is 29.6 Å².